The number of anilines is 2. The van der Waals surface area contributed by atoms with E-state index in [2.05, 4.69) is 20.8 Å². The number of pyridine rings is 1. The van der Waals surface area contributed by atoms with Gasteiger partial charge >= 0.3 is 6.18 Å². The lowest BCUT2D eigenvalue weighted by Crippen LogP contribution is -2.31. The van der Waals surface area contributed by atoms with E-state index in [1.807, 2.05) is 0 Å². The molecule has 0 fully saturated rings. The maximum atomic E-state index is 13.1. The van der Waals surface area contributed by atoms with Crippen molar-refractivity contribution in [3.63, 3.8) is 0 Å². The van der Waals surface area contributed by atoms with Crippen LogP contribution in [0.2, 0.25) is 4.34 Å². The van der Waals surface area contributed by atoms with Crippen LogP contribution >= 0.6 is 22.9 Å². The smallest absolute Gasteiger partial charge is 0.390 e. The minimum Gasteiger partial charge on any atom is -0.390 e. The fourth-order valence-electron chi connectivity index (χ4n) is 3.07. The molecule has 2 aromatic heterocycles. The Labute approximate surface area is 190 Å². The summed E-state index contributed by atoms with van der Waals surface area (Å²) in [7, 11) is 0. The van der Waals surface area contributed by atoms with Gasteiger partial charge in [-0.15, -0.1) is 11.3 Å². The van der Waals surface area contributed by atoms with E-state index in [9.17, 15) is 18.0 Å². The highest BCUT2D eigenvalue weighted by atomic mass is 35.5. The number of halogens is 4. The average Bonchev–Trinajstić information content (AvgIpc) is 3.41. The van der Waals surface area contributed by atoms with Gasteiger partial charge in [0.25, 0.3) is 5.91 Å². The Kier molecular flexibility index (Phi) is 6.33. The molecule has 166 valence electrons. The van der Waals surface area contributed by atoms with Gasteiger partial charge in [0.05, 0.1) is 32.7 Å². The van der Waals surface area contributed by atoms with Crippen molar-refractivity contribution in [1.29, 1.82) is 0 Å². The van der Waals surface area contributed by atoms with E-state index in [-0.39, 0.29) is 24.2 Å². The maximum Gasteiger partial charge on any atom is 0.419 e. The standard InChI is InChI=1S/C21H16ClF3N4O2S/c22-19-6-5-18(32-19)20(30)27-10-14-9-17(29-31-14)12-1-3-13(4-2-12)28-16-7-8-26-11-15(16)21(23,24)25/h1-8,11,14H,9-10H2,(H,26,28)(H,27,30). The highest BCUT2D eigenvalue weighted by Gasteiger charge is 2.33. The SMILES string of the molecule is O=C(NCC1CC(c2ccc(Nc3ccncc3C(F)(F)F)cc2)=NO1)c1ccc(Cl)s1. The predicted octanol–water partition coefficient (Wildman–Crippen LogP) is 5.48. The van der Waals surface area contributed by atoms with Crippen molar-refractivity contribution in [2.45, 2.75) is 18.7 Å². The molecular weight excluding hydrogens is 465 g/mol. The summed E-state index contributed by atoms with van der Waals surface area (Å²) in [5.41, 5.74) is 1.04. The van der Waals surface area contributed by atoms with Crippen molar-refractivity contribution < 1.29 is 22.8 Å². The molecule has 0 saturated carbocycles. The van der Waals surface area contributed by atoms with Crippen LogP contribution in [0.3, 0.4) is 0 Å². The first-order chi connectivity index (χ1) is 15.3. The highest BCUT2D eigenvalue weighted by molar-refractivity contribution is 7.18. The van der Waals surface area contributed by atoms with Crippen molar-refractivity contribution in [3.8, 4) is 0 Å². The number of nitrogens with zero attached hydrogens (tertiary/aromatic N) is 2. The number of oxime groups is 1. The molecule has 11 heteroatoms. The van der Waals surface area contributed by atoms with Gasteiger partial charge in [-0.25, -0.2) is 0 Å². The van der Waals surface area contributed by atoms with Gasteiger partial charge in [0, 0.05) is 24.5 Å². The molecule has 0 spiro atoms. The largest absolute Gasteiger partial charge is 0.419 e. The summed E-state index contributed by atoms with van der Waals surface area (Å²) in [5.74, 6) is -0.233. The van der Waals surface area contributed by atoms with Gasteiger partial charge in [0.2, 0.25) is 0 Å². The van der Waals surface area contributed by atoms with Gasteiger partial charge in [-0.1, -0.05) is 28.9 Å². The monoisotopic (exact) mass is 480 g/mol. The zero-order valence-corrected chi connectivity index (χ0v) is 17.9. The Morgan fingerprint density at radius 1 is 1.19 bits per heavy atom. The lowest BCUT2D eigenvalue weighted by Gasteiger charge is -2.14. The molecule has 4 rings (SSSR count). The summed E-state index contributed by atoms with van der Waals surface area (Å²) in [4.78, 5) is 21.6. The van der Waals surface area contributed by atoms with Crippen LogP contribution in [0.1, 0.15) is 27.2 Å². The summed E-state index contributed by atoms with van der Waals surface area (Å²) in [6.07, 6.45) is -2.25. The highest BCUT2D eigenvalue weighted by Crippen LogP contribution is 2.35. The molecular formula is C21H16ClF3N4O2S. The van der Waals surface area contributed by atoms with Gasteiger partial charge in [-0.2, -0.15) is 13.2 Å². The zero-order chi connectivity index (χ0) is 22.7. The minimum atomic E-state index is -4.51. The summed E-state index contributed by atoms with van der Waals surface area (Å²) in [6, 6.07) is 11.4. The Morgan fingerprint density at radius 3 is 2.66 bits per heavy atom. The lowest BCUT2D eigenvalue weighted by atomic mass is 10.0. The third kappa shape index (κ3) is 5.20. The maximum absolute atomic E-state index is 13.1. The van der Waals surface area contributed by atoms with Gasteiger partial charge in [0.15, 0.2) is 0 Å². The number of hydrogen-bond acceptors (Lipinski definition) is 6. The van der Waals surface area contributed by atoms with Gasteiger partial charge in [-0.3, -0.25) is 9.78 Å². The van der Waals surface area contributed by atoms with Crippen LogP contribution in [0.5, 0.6) is 0 Å². The number of benzene rings is 1. The van der Waals surface area contributed by atoms with E-state index in [1.165, 1.54) is 23.6 Å². The third-order valence-corrected chi connectivity index (χ3v) is 5.87. The zero-order valence-electron chi connectivity index (χ0n) is 16.3. The quantitative estimate of drug-likeness (QED) is 0.489. The summed E-state index contributed by atoms with van der Waals surface area (Å²) in [5, 5.41) is 9.63. The number of nitrogens with one attached hydrogen (secondary N) is 2. The molecule has 1 atom stereocenters. The Morgan fingerprint density at radius 2 is 1.97 bits per heavy atom. The number of alkyl halides is 3. The Hall–Kier alpha value is -3.11. The van der Waals surface area contributed by atoms with E-state index in [4.69, 9.17) is 16.4 Å². The normalized spacial score (nSPS) is 15.8. The number of amides is 1. The van der Waals surface area contributed by atoms with Crippen molar-refractivity contribution >= 4 is 45.9 Å². The van der Waals surface area contributed by atoms with Crippen LogP contribution in [0.25, 0.3) is 0 Å². The fourth-order valence-corrected chi connectivity index (χ4v) is 4.03. The number of aromatic nitrogens is 1. The van der Waals surface area contributed by atoms with Crippen LogP contribution < -0.4 is 10.6 Å². The van der Waals surface area contributed by atoms with Gasteiger partial charge in [0.1, 0.15) is 6.10 Å². The number of carbonyl (C=O) groups excluding carboxylic acids is 1. The van der Waals surface area contributed by atoms with Crippen molar-refractivity contribution in [3.05, 3.63) is 75.2 Å². The second kappa shape index (κ2) is 9.17. The van der Waals surface area contributed by atoms with E-state index in [0.717, 1.165) is 11.8 Å². The Bertz CT molecular complexity index is 1150. The summed E-state index contributed by atoms with van der Waals surface area (Å²) >= 11 is 7.03. The minimum absolute atomic E-state index is 0.0791. The van der Waals surface area contributed by atoms with Crippen LogP contribution in [-0.4, -0.2) is 29.3 Å². The molecule has 32 heavy (non-hydrogen) atoms. The fraction of sp³-hybridized carbons (Fsp3) is 0.190. The molecule has 0 aliphatic carbocycles. The third-order valence-electron chi connectivity index (χ3n) is 4.64. The first-order valence-corrected chi connectivity index (χ1v) is 10.6. The van der Waals surface area contributed by atoms with Gasteiger partial charge in [-0.05, 0) is 35.9 Å². The van der Waals surface area contributed by atoms with Crippen LogP contribution in [0.4, 0.5) is 24.5 Å². The van der Waals surface area contributed by atoms with E-state index in [0.29, 0.717) is 27.0 Å². The van der Waals surface area contributed by atoms with Crippen LogP contribution in [0, 0.1) is 0 Å². The molecule has 1 aliphatic heterocycles. The predicted molar refractivity (Wildman–Crippen MR) is 117 cm³/mol. The Balaban J connectivity index is 1.34. The topological polar surface area (TPSA) is 75.6 Å². The average molecular weight is 481 g/mol. The van der Waals surface area contributed by atoms with E-state index < -0.39 is 11.7 Å². The molecule has 1 aromatic carbocycles. The van der Waals surface area contributed by atoms with Crippen molar-refractivity contribution in [1.82, 2.24) is 10.3 Å². The first kappa shape index (κ1) is 22.1. The molecule has 3 aromatic rings. The summed E-state index contributed by atoms with van der Waals surface area (Å²) in [6.45, 7) is 0.281. The number of rotatable bonds is 6. The lowest BCUT2D eigenvalue weighted by molar-refractivity contribution is -0.137. The van der Waals surface area contributed by atoms with Crippen LogP contribution in [-0.2, 0) is 11.0 Å². The molecule has 0 saturated heterocycles. The molecule has 0 radical (unpaired) electrons. The van der Waals surface area contributed by atoms with Crippen LogP contribution in [0.15, 0.2) is 60.0 Å². The van der Waals surface area contributed by atoms with Crippen molar-refractivity contribution in [2.75, 3.05) is 11.9 Å². The van der Waals surface area contributed by atoms with E-state index in [1.54, 1.807) is 36.4 Å². The second-order valence-corrected chi connectivity index (χ2v) is 8.62. The molecule has 1 aliphatic rings. The van der Waals surface area contributed by atoms with E-state index >= 15 is 0 Å². The first-order valence-electron chi connectivity index (χ1n) is 9.44. The number of hydrogen-bond donors (Lipinski definition) is 2. The molecule has 1 unspecified atom stereocenters. The van der Waals surface area contributed by atoms with Gasteiger partial charge < -0.3 is 15.5 Å². The number of carbonyl (C=O) groups is 1. The molecule has 2 N–H and O–H groups in total. The molecule has 0 bridgehead atoms. The van der Waals surface area contributed by atoms with Crippen molar-refractivity contribution in [2.24, 2.45) is 5.16 Å². The summed E-state index contributed by atoms with van der Waals surface area (Å²) < 4.78 is 39.9. The molecule has 3 heterocycles. The molecule has 1 amide bonds. The molecule has 6 nitrogen and oxygen atoms in total. The second-order valence-electron chi connectivity index (χ2n) is 6.90. The number of thiophene rings is 1.